The Morgan fingerprint density at radius 3 is 2.83 bits per heavy atom. The minimum absolute atomic E-state index is 0.491. The first kappa shape index (κ1) is 14.8. The molecule has 1 fully saturated rings. The summed E-state index contributed by atoms with van der Waals surface area (Å²) in [5.41, 5.74) is 0.900. The molecule has 3 aromatic rings. The Morgan fingerprint density at radius 1 is 1.12 bits per heavy atom. The molecule has 1 atom stereocenters. The molecule has 0 aliphatic carbocycles. The Morgan fingerprint density at radius 2 is 1.96 bits per heavy atom. The van der Waals surface area contributed by atoms with Crippen LogP contribution in [0.5, 0.6) is 5.75 Å². The number of hydrogen-bond donors (Lipinski definition) is 0. The van der Waals surface area contributed by atoms with E-state index in [1.54, 1.807) is 24.8 Å². The van der Waals surface area contributed by atoms with E-state index in [4.69, 9.17) is 4.74 Å². The second-order valence-corrected chi connectivity index (χ2v) is 6.08. The zero-order valence-corrected chi connectivity index (χ0v) is 13.6. The smallest absolute Gasteiger partial charge is 0.140 e. The van der Waals surface area contributed by atoms with Gasteiger partial charge < -0.3 is 9.64 Å². The predicted octanol–water partition coefficient (Wildman–Crippen LogP) is 2.63. The first-order chi connectivity index (χ1) is 11.8. The largest absolute Gasteiger partial charge is 0.493 e. The Hall–Kier alpha value is -2.76. The van der Waals surface area contributed by atoms with Crippen molar-refractivity contribution in [3.05, 3.63) is 48.8 Å². The van der Waals surface area contributed by atoms with Crippen LogP contribution in [0.15, 0.2) is 43.0 Å². The number of ether oxygens (including phenoxy) is 1. The third-order valence-corrected chi connectivity index (χ3v) is 4.31. The number of rotatable bonds is 4. The molecule has 122 valence electrons. The lowest BCUT2D eigenvalue weighted by Crippen LogP contribution is -2.23. The zero-order valence-electron chi connectivity index (χ0n) is 13.6. The maximum Gasteiger partial charge on any atom is 0.140 e. The molecular formula is C18H19N5O. The average molecular weight is 321 g/mol. The highest BCUT2D eigenvalue weighted by atomic mass is 16.5. The van der Waals surface area contributed by atoms with Gasteiger partial charge in [0, 0.05) is 43.0 Å². The van der Waals surface area contributed by atoms with Crippen molar-refractivity contribution in [2.24, 2.45) is 5.92 Å². The summed E-state index contributed by atoms with van der Waals surface area (Å²) in [6.45, 7) is 4.57. The van der Waals surface area contributed by atoms with E-state index in [1.807, 2.05) is 25.1 Å². The van der Waals surface area contributed by atoms with Crippen molar-refractivity contribution in [3.8, 4) is 5.75 Å². The first-order valence-corrected chi connectivity index (χ1v) is 8.16. The molecule has 1 aliphatic rings. The SMILES string of the molecule is Cc1nc(N2CCC(COc3ccncc3)C2)c2ccncc2n1. The minimum atomic E-state index is 0.491. The van der Waals surface area contributed by atoms with Crippen LogP contribution in [0.3, 0.4) is 0 Å². The van der Waals surface area contributed by atoms with Crippen molar-refractivity contribution in [3.63, 3.8) is 0 Å². The van der Waals surface area contributed by atoms with Crippen LogP contribution in [0.4, 0.5) is 5.82 Å². The van der Waals surface area contributed by atoms with Gasteiger partial charge in [-0.05, 0) is 31.5 Å². The lowest BCUT2D eigenvalue weighted by atomic mass is 10.1. The van der Waals surface area contributed by atoms with Gasteiger partial charge in [0.2, 0.25) is 0 Å². The van der Waals surface area contributed by atoms with Crippen molar-refractivity contribution >= 4 is 16.7 Å². The van der Waals surface area contributed by atoms with Gasteiger partial charge in [0.1, 0.15) is 17.4 Å². The molecule has 1 saturated heterocycles. The molecule has 4 heterocycles. The van der Waals surface area contributed by atoms with Crippen LogP contribution < -0.4 is 9.64 Å². The summed E-state index contributed by atoms with van der Waals surface area (Å²) >= 11 is 0. The fraction of sp³-hybridized carbons (Fsp3) is 0.333. The lowest BCUT2D eigenvalue weighted by Gasteiger charge is -2.19. The molecule has 4 rings (SSSR count). The zero-order chi connectivity index (χ0) is 16.4. The van der Waals surface area contributed by atoms with Crippen molar-refractivity contribution < 1.29 is 4.74 Å². The highest BCUT2D eigenvalue weighted by Gasteiger charge is 2.25. The second kappa shape index (κ2) is 6.39. The fourth-order valence-corrected chi connectivity index (χ4v) is 3.13. The molecule has 0 spiro atoms. The van der Waals surface area contributed by atoms with Crippen LogP contribution in [0.1, 0.15) is 12.2 Å². The highest BCUT2D eigenvalue weighted by Crippen LogP contribution is 2.28. The molecule has 24 heavy (non-hydrogen) atoms. The predicted molar refractivity (Wildman–Crippen MR) is 92.1 cm³/mol. The normalized spacial score (nSPS) is 17.4. The van der Waals surface area contributed by atoms with E-state index in [9.17, 15) is 0 Å². The van der Waals surface area contributed by atoms with E-state index >= 15 is 0 Å². The molecule has 1 aliphatic heterocycles. The molecule has 0 saturated carbocycles. The van der Waals surface area contributed by atoms with E-state index in [0.717, 1.165) is 47.8 Å². The van der Waals surface area contributed by atoms with Gasteiger partial charge in [-0.2, -0.15) is 0 Å². The molecule has 0 radical (unpaired) electrons. The van der Waals surface area contributed by atoms with E-state index < -0.39 is 0 Å². The summed E-state index contributed by atoms with van der Waals surface area (Å²) in [7, 11) is 0. The molecule has 1 unspecified atom stereocenters. The van der Waals surface area contributed by atoms with Crippen LogP contribution in [-0.2, 0) is 0 Å². The molecule has 0 N–H and O–H groups in total. The molecule has 3 aromatic heterocycles. The van der Waals surface area contributed by atoms with E-state index in [1.165, 1.54) is 0 Å². The van der Waals surface area contributed by atoms with Gasteiger partial charge in [-0.15, -0.1) is 0 Å². The van der Waals surface area contributed by atoms with Gasteiger partial charge in [0.05, 0.1) is 18.3 Å². The first-order valence-electron chi connectivity index (χ1n) is 8.16. The van der Waals surface area contributed by atoms with Crippen LogP contribution in [0.25, 0.3) is 10.9 Å². The number of hydrogen-bond acceptors (Lipinski definition) is 6. The number of fused-ring (bicyclic) bond motifs is 1. The molecule has 0 bridgehead atoms. The number of aryl methyl sites for hydroxylation is 1. The van der Waals surface area contributed by atoms with Gasteiger partial charge in [-0.3, -0.25) is 9.97 Å². The van der Waals surface area contributed by atoms with Gasteiger partial charge in [-0.25, -0.2) is 9.97 Å². The summed E-state index contributed by atoms with van der Waals surface area (Å²) in [6.07, 6.45) is 8.19. The summed E-state index contributed by atoms with van der Waals surface area (Å²) in [4.78, 5) is 19.6. The monoisotopic (exact) mass is 321 g/mol. The Balaban J connectivity index is 1.49. The van der Waals surface area contributed by atoms with E-state index in [-0.39, 0.29) is 0 Å². The maximum absolute atomic E-state index is 5.88. The van der Waals surface area contributed by atoms with Crippen LogP contribution in [0.2, 0.25) is 0 Å². The summed E-state index contributed by atoms with van der Waals surface area (Å²) in [5.74, 6) is 3.15. The maximum atomic E-state index is 5.88. The van der Waals surface area contributed by atoms with Crippen LogP contribution in [0, 0.1) is 12.8 Å². The number of aromatic nitrogens is 4. The minimum Gasteiger partial charge on any atom is -0.493 e. The quantitative estimate of drug-likeness (QED) is 0.736. The highest BCUT2D eigenvalue weighted by molar-refractivity contribution is 5.88. The fourth-order valence-electron chi connectivity index (χ4n) is 3.13. The van der Waals surface area contributed by atoms with Gasteiger partial charge in [0.15, 0.2) is 0 Å². The molecule has 0 amide bonds. The number of anilines is 1. The second-order valence-electron chi connectivity index (χ2n) is 6.08. The van der Waals surface area contributed by atoms with Crippen molar-refractivity contribution in [2.45, 2.75) is 13.3 Å². The average Bonchev–Trinajstić information content (AvgIpc) is 3.09. The van der Waals surface area contributed by atoms with E-state index in [2.05, 4.69) is 24.8 Å². The third-order valence-electron chi connectivity index (χ3n) is 4.31. The van der Waals surface area contributed by atoms with Gasteiger partial charge >= 0.3 is 0 Å². The number of pyridine rings is 2. The summed E-state index contributed by atoms with van der Waals surface area (Å²) in [5, 5.41) is 1.06. The Bertz CT molecular complexity index is 839. The van der Waals surface area contributed by atoms with Crippen molar-refractivity contribution in [1.29, 1.82) is 0 Å². The van der Waals surface area contributed by atoms with Crippen LogP contribution >= 0.6 is 0 Å². The molecule has 0 aromatic carbocycles. The number of nitrogens with zero attached hydrogens (tertiary/aromatic N) is 5. The molecular weight excluding hydrogens is 302 g/mol. The van der Waals surface area contributed by atoms with Crippen molar-refractivity contribution in [2.75, 3.05) is 24.6 Å². The summed E-state index contributed by atoms with van der Waals surface area (Å²) in [6, 6.07) is 5.77. The summed E-state index contributed by atoms with van der Waals surface area (Å²) < 4.78 is 5.88. The standard InChI is InChI=1S/C18H19N5O/c1-13-21-17-10-20-8-4-16(17)18(22-13)23-9-5-14(11-23)12-24-15-2-6-19-7-3-15/h2-4,6-8,10,14H,5,9,11-12H2,1H3. The Kier molecular flexibility index (Phi) is 3.94. The van der Waals surface area contributed by atoms with E-state index in [0.29, 0.717) is 12.5 Å². The lowest BCUT2D eigenvalue weighted by molar-refractivity contribution is 0.261. The van der Waals surface area contributed by atoms with Crippen LogP contribution in [-0.4, -0.2) is 39.6 Å². The molecule has 6 heteroatoms. The molecule has 6 nitrogen and oxygen atoms in total. The third kappa shape index (κ3) is 2.99. The topological polar surface area (TPSA) is 64.0 Å². The van der Waals surface area contributed by atoms with Gasteiger partial charge in [0.25, 0.3) is 0 Å². The van der Waals surface area contributed by atoms with Crippen molar-refractivity contribution in [1.82, 2.24) is 19.9 Å². The Labute approximate surface area is 140 Å². The van der Waals surface area contributed by atoms with Gasteiger partial charge in [-0.1, -0.05) is 0 Å².